The second kappa shape index (κ2) is 17.9. The molecule has 12 heteroatoms. The molecule has 2 aliphatic rings. The van der Waals surface area contributed by atoms with Crippen molar-refractivity contribution in [2.24, 2.45) is 23.7 Å². The van der Waals surface area contributed by atoms with Gasteiger partial charge in [-0.15, -0.1) is 0 Å². The summed E-state index contributed by atoms with van der Waals surface area (Å²) in [5, 5.41) is 48.7. The summed E-state index contributed by atoms with van der Waals surface area (Å²) in [7, 11) is 0. The highest BCUT2D eigenvalue weighted by atomic mass is 79.9. The maximum Gasteiger partial charge on any atom is 0.228 e. The molecule has 2 heterocycles. The van der Waals surface area contributed by atoms with Crippen LogP contribution in [0.2, 0.25) is 5.02 Å². The van der Waals surface area contributed by atoms with Crippen LogP contribution in [-0.2, 0) is 9.59 Å². The fraction of sp³-hybridized carbons (Fsp3) is 0.550. The van der Waals surface area contributed by atoms with Gasteiger partial charge in [0, 0.05) is 27.6 Å². The number of rotatable bonds is 13. The molecular weight excluding hydrogens is 748 g/mol. The SMILES string of the molecule is O=C(Nc1cn(C(CO)CO)c2cccc(Cl)c12)C(C1CCCCCC1)C(C(=O)Nc1cn(C(CO)CO)c2cccc(Br)c12)C1CCCCCC1. The predicted molar refractivity (Wildman–Crippen MR) is 210 cm³/mol. The van der Waals surface area contributed by atoms with E-state index in [2.05, 4.69) is 26.6 Å². The van der Waals surface area contributed by atoms with Crippen LogP contribution in [0.15, 0.2) is 53.3 Å². The number of carbonyl (C=O) groups excluding carboxylic acids is 2. The average Bonchev–Trinajstić information content (AvgIpc) is 3.39. The lowest BCUT2D eigenvalue weighted by Crippen LogP contribution is -2.44. The van der Waals surface area contributed by atoms with Crippen molar-refractivity contribution < 1.29 is 30.0 Å². The van der Waals surface area contributed by atoms with Crippen LogP contribution in [-0.4, -0.2) is 67.8 Å². The van der Waals surface area contributed by atoms with Gasteiger partial charge in [0.05, 0.1) is 77.8 Å². The Hall–Kier alpha value is -2.93. The van der Waals surface area contributed by atoms with E-state index in [0.717, 1.165) is 92.4 Å². The van der Waals surface area contributed by atoms with Crippen molar-refractivity contribution in [3.8, 4) is 0 Å². The first-order chi connectivity index (χ1) is 25.3. The topological polar surface area (TPSA) is 149 Å². The number of carbonyl (C=O) groups is 2. The molecular formula is C40H52BrClN4O6. The van der Waals surface area contributed by atoms with Crippen molar-refractivity contribution in [1.29, 1.82) is 0 Å². The molecule has 0 radical (unpaired) electrons. The molecule has 2 fully saturated rings. The van der Waals surface area contributed by atoms with Gasteiger partial charge >= 0.3 is 0 Å². The third-order valence-corrected chi connectivity index (χ3v) is 12.5. The van der Waals surface area contributed by atoms with Crippen molar-refractivity contribution in [2.45, 2.75) is 89.1 Å². The fourth-order valence-electron chi connectivity index (χ4n) is 8.91. The molecule has 0 bridgehead atoms. The minimum atomic E-state index is -0.619. The molecule has 52 heavy (non-hydrogen) atoms. The minimum Gasteiger partial charge on any atom is -0.394 e. The molecule has 282 valence electrons. The monoisotopic (exact) mass is 798 g/mol. The van der Waals surface area contributed by atoms with E-state index in [1.54, 1.807) is 33.7 Å². The molecule has 6 rings (SSSR count). The van der Waals surface area contributed by atoms with Crippen LogP contribution in [0.5, 0.6) is 0 Å². The van der Waals surface area contributed by atoms with Gasteiger partial charge in [-0.1, -0.05) is 91.0 Å². The Balaban J connectivity index is 1.44. The lowest BCUT2D eigenvalue weighted by molar-refractivity contribution is -0.134. The molecule has 2 aliphatic carbocycles. The third kappa shape index (κ3) is 8.10. The van der Waals surface area contributed by atoms with E-state index in [-0.39, 0.29) is 50.1 Å². The zero-order chi connectivity index (χ0) is 36.8. The smallest absolute Gasteiger partial charge is 0.228 e. The first kappa shape index (κ1) is 38.8. The van der Waals surface area contributed by atoms with Crippen molar-refractivity contribution in [3.05, 3.63) is 58.3 Å². The molecule has 2 saturated carbocycles. The van der Waals surface area contributed by atoms with Gasteiger partial charge in [-0.25, -0.2) is 0 Å². The molecule has 2 atom stereocenters. The Labute approximate surface area is 318 Å². The molecule has 2 aromatic carbocycles. The number of benzene rings is 2. The van der Waals surface area contributed by atoms with Crippen LogP contribution in [0.4, 0.5) is 11.4 Å². The largest absolute Gasteiger partial charge is 0.394 e. The van der Waals surface area contributed by atoms with Crippen LogP contribution in [0.3, 0.4) is 0 Å². The second-order valence-corrected chi connectivity index (χ2v) is 16.0. The van der Waals surface area contributed by atoms with Crippen molar-refractivity contribution >= 4 is 72.5 Å². The molecule has 10 nitrogen and oxygen atoms in total. The van der Waals surface area contributed by atoms with Gasteiger partial charge in [0.2, 0.25) is 11.8 Å². The average molecular weight is 800 g/mol. The van der Waals surface area contributed by atoms with Gasteiger partial charge in [-0.05, 0) is 61.8 Å². The molecule has 0 aliphatic heterocycles. The van der Waals surface area contributed by atoms with Crippen LogP contribution in [0.1, 0.15) is 89.1 Å². The molecule has 4 aromatic rings. The minimum absolute atomic E-state index is 0.000913. The number of aliphatic hydroxyl groups excluding tert-OH is 4. The molecule has 6 N–H and O–H groups in total. The second-order valence-electron chi connectivity index (χ2n) is 14.7. The maximum atomic E-state index is 15.1. The Morgan fingerprint density at radius 2 is 1.06 bits per heavy atom. The zero-order valence-electron chi connectivity index (χ0n) is 29.7. The van der Waals surface area contributed by atoms with Gasteiger partial charge in [0.1, 0.15) is 0 Å². The molecule has 2 amide bonds. The van der Waals surface area contributed by atoms with Crippen LogP contribution in [0.25, 0.3) is 21.8 Å². The number of anilines is 2. The third-order valence-electron chi connectivity index (χ3n) is 11.6. The van der Waals surface area contributed by atoms with Gasteiger partial charge in [-0.3, -0.25) is 9.59 Å². The zero-order valence-corrected chi connectivity index (χ0v) is 32.0. The summed E-state index contributed by atoms with van der Waals surface area (Å²) in [5.41, 5.74) is 2.50. The summed E-state index contributed by atoms with van der Waals surface area (Å²) < 4.78 is 4.33. The molecule has 0 saturated heterocycles. The van der Waals surface area contributed by atoms with E-state index in [9.17, 15) is 20.4 Å². The summed E-state index contributed by atoms with van der Waals surface area (Å²) in [6, 6.07) is 9.89. The number of aliphatic hydroxyl groups is 4. The number of aromatic nitrogens is 2. The Bertz CT molecular complexity index is 1690. The normalized spacial score (nSPS) is 17.8. The number of hydrogen-bond donors (Lipinski definition) is 6. The van der Waals surface area contributed by atoms with Gasteiger partial charge < -0.3 is 40.2 Å². The highest BCUT2D eigenvalue weighted by molar-refractivity contribution is 9.10. The van der Waals surface area contributed by atoms with E-state index < -0.39 is 23.9 Å². The number of fused-ring (bicyclic) bond motifs is 2. The lowest BCUT2D eigenvalue weighted by Gasteiger charge is -2.36. The standard InChI is InChI=1S/C40H52BrClN4O6/c41-29-15-9-17-33-37(29)31(19-45(33)27(21-47)22-48)43-39(51)35(25-11-5-1-2-6-12-25)36(26-13-7-3-4-8-14-26)40(52)44-32-20-46(28(23-49)24-50)34-18-10-16-30(42)38(32)34/h9-10,15-20,25-28,35-36,47-50H,1-8,11-14,21-24H2,(H,43,51)(H,44,52). The van der Waals surface area contributed by atoms with Gasteiger partial charge in [0.25, 0.3) is 0 Å². The summed E-state index contributed by atoms with van der Waals surface area (Å²) in [4.78, 5) is 30.1. The summed E-state index contributed by atoms with van der Waals surface area (Å²) in [5.74, 6) is -1.65. The first-order valence-corrected chi connectivity index (χ1v) is 20.1. The highest BCUT2D eigenvalue weighted by Crippen LogP contribution is 2.44. The number of amides is 2. The van der Waals surface area contributed by atoms with Crippen molar-refractivity contribution in [1.82, 2.24) is 9.13 Å². The lowest BCUT2D eigenvalue weighted by atomic mass is 9.69. The molecule has 2 unspecified atom stereocenters. The molecule has 0 spiro atoms. The van der Waals surface area contributed by atoms with Gasteiger partial charge in [-0.2, -0.15) is 0 Å². The van der Waals surface area contributed by atoms with E-state index in [4.69, 9.17) is 11.6 Å². The fourth-order valence-corrected chi connectivity index (χ4v) is 9.75. The predicted octanol–water partition coefficient (Wildman–Crippen LogP) is 7.81. The maximum absolute atomic E-state index is 15.1. The summed E-state index contributed by atoms with van der Waals surface area (Å²) >= 11 is 10.4. The Morgan fingerprint density at radius 1 is 0.654 bits per heavy atom. The quantitative estimate of drug-likeness (QED) is 0.0761. The Morgan fingerprint density at radius 3 is 1.50 bits per heavy atom. The van der Waals surface area contributed by atoms with Crippen LogP contribution in [0, 0.1) is 23.7 Å². The number of nitrogens with zero attached hydrogens (tertiary/aromatic N) is 2. The number of halogens is 2. The van der Waals surface area contributed by atoms with Crippen LogP contribution >= 0.6 is 27.5 Å². The van der Waals surface area contributed by atoms with Crippen molar-refractivity contribution in [3.63, 3.8) is 0 Å². The van der Waals surface area contributed by atoms with Crippen LogP contribution < -0.4 is 10.6 Å². The molecule has 2 aromatic heterocycles. The first-order valence-electron chi connectivity index (χ1n) is 18.9. The summed E-state index contributed by atoms with van der Waals surface area (Å²) in [6.07, 6.45) is 15.3. The van der Waals surface area contributed by atoms with E-state index >= 15 is 9.59 Å². The number of hydrogen-bond acceptors (Lipinski definition) is 6. The van der Waals surface area contributed by atoms with E-state index in [1.807, 2.05) is 24.3 Å². The van der Waals surface area contributed by atoms with E-state index in [0.29, 0.717) is 27.3 Å². The van der Waals surface area contributed by atoms with Crippen molar-refractivity contribution in [2.75, 3.05) is 37.1 Å². The highest BCUT2D eigenvalue weighted by Gasteiger charge is 2.44. The Kier molecular flexibility index (Phi) is 13.4. The van der Waals surface area contributed by atoms with Gasteiger partial charge in [0.15, 0.2) is 0 Å². The summed E-state index contributed by atoms with van der Waals surface area (Å²) in [6.45, 7) is -1.13. The van der Waals surface area contributed by atoms with E-state index in [1.165, 1.54) is 0 Å². The number of nitrogens with one attached hydrogen (secondary N) is 2.